The van der Waals surface area contributed by atoms with Gasteiger partial charge in [0.05, 0.1) is 0 Å². The first kappa shape index (κ1) is 7.03. The molecule has 0 aliphatic rings. The van der Waals surface area contributed by atoms with Crippen molar-refractivity contribution in [3.05, 3.63) is 35.8 Å². The van der Waals surface area contributed by atoms with Crippen molar-refractivity contribution in [3.63, 3.8) is 0 Å². The minimum Gasteiger partial charge on any atom is -0.304 e. The van der Waals surface area contributed by atoms with Crippen LogP contribution in [0.1, 0.15) is 16.1 Å². The smallest absolute Gasteiger partial charge is 0.151 e. The van der Waals surface area contributed by atoms with E-state index in [2.05, 4.69) is 4.98 Å². The van der Waals surface area contributed by atoms with E-state index in [9.17, 15) is 4.79 Å². The lowest BCUT2D eigenvalue weighted by atomic mass is 10.3. The van der Waals surface area contributed by atoms with Crippen LogP contribution in [-0.4, -0.2) is 15.7 Å². The summed E-state index contributed by atoms with van der Waals surface area (Å²) in [6, 6.07) is 3.59. The highest BCUT2D eigenvalue weighted by molar-refractivity contribution is 5.74. The highest BCUT2D eigenvalue weighted by Crippen LogP contribution is 2.06. The number of aldehydes is 1. The van der Waals surface area contributed by atoms with Gasteiger partial charge in [-0.05, 0) is 19.1 Å². The molecule has 0 spiro atoms. The summed E-state index contributed by atoms with van der Waals surface area (Å²) in [5.74, 6) is 0. The standard InChI is InChI=1S/C9H8N2O/c1-7-4-10-9-3-2-8(6-12)5-11(7)9/h2-6H,1H3. The van der Waals surface area contributed by atoms with E-state index in [0.717, 1.165) is 17.6 Å². The largest absolute Gasteiger partial charge is 0.304 e. The molecule has 2 heterocycles. The number of pyridine rings is 1. The molecular weight excluding hydrogens is 152 g/mol. The number of fused-ring (bicyclic) bond motifs is 1. The molecule has 0 bridgehead atoms. The molecule has 3 heteroatoms. The van der Waals surface area contributed by atoms with E-state index in [1.807, 2.05) is 17.4 Å². The van der Waals surface area contributed by atoms with Gasteiger partial charge in [-0.1, -0.05) is 0 Å². The maximum Gasteiger partial charge on any atom is 0.151 e. The molecule has 2 rings (SSSR count). The van der Waals surface area contributed by atoms with Crippen LogP contribution < -0.4 is 0 Å². The second-order valence-corrected chi connectivity index (χ2v) is 2.71. The van der Waals surface area contributed by atoms with Crippen LogP contribution in [0.15, 0.2) is 24.5 Å². The van der Waals surface area contributed by atoms with Crippen LogP contribution in [0.4, 0.5) is 0 Å². The van der Waals surface area contributed by atoms with Crippen molar-refractivity contribution in [2.24, 2.45) is 0 Å². The van der Waals surface area contributed by atoms with Crippen molar-refractivity contribution in [2.45, 2.75) is 6.92 Å². The van der Waals surface area contributed by atoms with Crippen LogP contribution >= 0.6 is 0 Å². The molecular formula is C9H8N2O. The summed E-state index contributed by atoms with van der Waals surface area (Å²) in [4.78, 5) is 14.6. The first-order valence-corrected chi connectivity index (χ1v) is 3.70. The maximum absolute atomic E-state index is 10.4. The molecule has 0 atom stereocenters. The number of hydrogen-bond acceptors (Lipinski definition) is 2. The Balaban J connectivity index is 2.79. The van der Waals surface area contributed by atoms with E-state index in [0.29, 0.717) is 5.56 Å². The third kappa shape index (κ3) is 0.906. The fourth-order valence-electron chi connectivity index (χ4n) is 1.19. The van der Waals surface area contributed by atoms with E-state index in [4.69, 9.17) is 0 Å². The lowest BCUT2D eigenvalue weighted by Gasteiger charge is -1.95. The van der Waals surface area contributed by atoms with Crippen LogP contribution in [0, 0.1) is 6.92 Å². The van der Waals surface area contributed by atoms with Gasteiger partial charge in [-0.2, -0.15) is 0 Å². The van der Waals surface area contributed by atoms with Crippen LogP contribution in [0.5, 0.6) is 0 Å². The van der Waals surface area contributed by atoms with E-state index in [1.165, 1.54) is 0 Å². The highest BCUT2D eigenvalue weighted by atomic mass is 16.1. The minimum atomic E-state index is 0.670. The Kier molecular flexibility index (Phi) is 1.43. The Morgan fingerprint density at radius 3 is 3.08 bits per heavy atom. The van der Waals surface area contributed by atoms with E-state index in [-0.39, 0.29) is 0 Å². The van der Waals surface area contributed by atoms with Crippen LogP contribution in [0.2, 0.25) is 0 Å². The molecule has 2 aromatic heterocycles. The SMILES string of the molecule is Cc1cnc2ccc(C=O)cn12. The van der Waals surface area contributed by atoms with Crippen LogP contribution in [0.25, 0.3) is 5.65 Å². The van der Waals surface area contributed by atoms with Gasteiger partial charge < -0.3 is 4.40 Å². The van der Waals surface area contributed by atoms with Crippen molar-refractivity contribution >= 4 is 11.9 Å². The molecule has 0 radical (unpaired) electrons. The Morgan fingerprint density at radius 2 is 2.33 bits per heavy atom. The summed E-state index contributed by atoms with van der Waals surface area (Å²) in [6.45, 7) is 1.95. The Morgan fingerprint density at radius 1 is 1.50 bits per heavy atom. The number of carbonyl (C=O) groups excluding carboxylic acids is 1. The first-order valence-electron chi connectivity index (χ1n) is 3.70. The molecule has 60 valence electrons. The van der Waals surface area contributed by atoms with Crippen LogP contribution in [0.3, 0.4) is 0 Å². The third-order valence-electron chi connectivity index (χ3n) is 1.85. The quantitative estimate of drug-likeness (QED) is 0.592. The lowest BCUT2D eigenvalue weighted by Crippen LogP contribution is -1.89. The Labute approximate surface area is 69.7 Å². The van der Waals surface area contributed by atoms with Gasteiger partial charge in [0.1, 0.15) is 5.65 Å². The zero-order valence-corrected chi connectivity index (χ0v) is 6.69. The van der Waals surface area contributed by atoms with Gasteiger partial charge in [0, 0.05) is 23.7 Å². The molecule has 0 saturated heterocycles. The fraction of sp³-hybridized carbons (Fsp3) is 0.111. The van der Waals surface area contributed by atoms with Gasteiger partial charge in [-0.25, -0.2) is 4.98 Å². The molecule has 0 saturated carbocycles. The number of carbonyl (C=O) groups is 1. The summed E-state index contributed by atoms with van der Waals surface area (Å²) in [7, 11) is 0. The van der Waals surface area contributed by atoms with Crippen LogP contribution in [-0.2, 0) is 0 Å². The summed E-state index contributed by atoms with van der Waals surface area (Å²) in [5.41, 5.74) is 2.58. The van der Waals surface area contributed by atoms with E-state index >= 15 is 0 Å². The van der Waals surface area contributed by atoms with Gasteiger partial charge in [-0.15, -0.1) is 0 Å². The summed E-state index contributed by atoms with van der Waals surface area (Å²) in [6.07, 6.45) is 4.40. The monoisotopic (exact) mass is 160 g/mol. The normalized spacial score (nSPS) is 10.4. The number of aryl methyl sites for hydroxylation is 1. The number of nitrogens with zero attached hydrogens (tertiary/aromatic N) is 2. The minimum absolute atomic E-state index is 0.670. The predicted molar refractivity (Wildman–Crippen MR) is 45.3 cm³/mol. The number of hydrogen-bond donors (Lipinski definition) is 0. The third-order valence-corrected chi connectivity index (χ3v) is 1.85. The van der Waals surface area contributed by atoms with Crippen molar-refractivity contribution in [2.75, 3.05) is 0 Å². The zero-order valence-electron chi connectivity index (χ0n) is 6.69. The molecule has 0 fully saturated rings. The number of rotatable bonds is 1. The van der Waals surface area contributed by atoms with Crippen molar-refractivity contribution in [1.82, 2.24) is 9.38 Å². The lowest BCUT2D eigenvalue weighted by molar-refractivity contribution is 0.112. The average Bonchev–Trinajstić information content (AvgIpc) is 2.47. The second-order valence-electron chi connectivity index (χ2n) is 2.71. The first-order chi connectivity index (χ1) is 5.81. The topological polar surface area (TPSA) is 34.4 Å². The van der Waals surface area contributed by atoms with Gasteiger partial charge in [-0.3, -0.25) is 4.79 Å². The molecule has 3 nitrogen and oxygen atoms in total. The fourth-order valence-corrected chi connectivity index (χ4v) is 1.19. The molecule has 0 N–H and O–H groups in total. The second kappa shape index (κ2) is 2.44. The number of aromatic nitrogens is 2. The van der Waals surface area contributed by atoms with Gasteiger partial charge in [0.15, 0.2) is 6.29 Å². The molecule has 12 heavy (non-hydrogen) atoms. The summed E-state index contributed by atoms with van der Waals surface area (Å²) < 4.78 is 1.89. The molecule has 0 aliphatic heterocycles. The van der Waals surface area contributed by atoms with Crippen molar-refractivity contribution in [1.29, 1.82) is 0 Å². The predicted octanol–water partition coefficient (Wildman–Crippen LogP) is 1.46. The Bertz CT molecular complexity index is 431. The molecule has 0 aliphatic carbocycles. The average molecular weight is 160 g/mol. The van der Waals surface area contributed by atoms with Gasteiger partial charge >= 0.3 is 0 Å². The Hall–Kier alpha value is -1.64. The molecule has 0 unspecified atom stereocenters. The summed E-state index contributed by atoms with van der Waals surface area (Å²) >= 11 is 0. The molecule has 0 aromatic carbocycles. The number of imidazole rings is 1. The zero-order chi connectivity index (χ0) is 8.55. The highest BCUT2D eigenvalue weighted by Gasteiger charge is 1.98. The van der Waals surface area contributed by atoms with Gasteiger partial charge in [0.2, 0.25) is 0 Å². The van der Waals surface area contributed by atoms with Gasteiger partial charge in [0.25, 0.3) is 0 Å². The summed E-state index contributed by atoms with van der Waals surface area (Å²) in [5, 5.41) is 0. The molecule has 0 amide bonds. The molecule has 2 aromatic rings. The maximum atomic E-state index is 10.4. The van der Waals surface area contributed by atoms with Crippen molar-refractivity contribution in [3.8, 4) is 0 Å². The van der Waals surface area contributed by atoms with Crippen molar-refractivity contribution < 1.29 is 4.79 Å². The van der Waals surface area contributed by atoms with E-state index in [1.54, 1.807) is 18.5 Å². The van der Waals surface area contributed by atoms with E-state index < -0.39 is 0 Å².